The van der Waals surface area contributed by atoms with E-state index in [2.05, 4.69) is 9.71 Å². The lowest BCUT2D eigenvalue weighted by atomic mass is 9.94. The highest BCUT2D eigenvalue weighted by Gasteiger charge is 2.16. The van der Waals surface area contributed by atoms with Gasteiger partial charge in [-0.2, -0.15) is 0 Å². The molecule has 1 atom stereocenters. The Balaban J connectivity index is 1.81. The second-order valence-electron chi connectivity index (χ2n) is 7.52. The summed E-state index contributed by atoms with van der Waals surface area (Å²) in [6.07, 6.45) is 1.39. The van der Waals surface area contributed by atoms with Crippen LogP contribution in [-0.4, -0.2) is 36.1 Å². The van der Waals surface area contributed by atoms with E-state index in [9.17, 15) is 18.3 Å². The van der Waals surface area contributed by atoms with Crippen LogP contribution in [-0.2, 0) is 27.7 Å². The van der Waals surface area contributed by atoms with Crippen LogP contribution in [0.25, 0.3) is 0 Å². The Hall–Kier alpha value is -3.07. The molecule has 0 fully saturated rings. The Morgan fingerprint density at radius 3 is 2.38 bits per heavy atom. The molecule has 0 saturated carbocycles. The summed E-state index contributed by atoms with van der Waals surface area (Å²) in [5.41, 5.74) is 3.56. The van der Waals surface area contributed by atoms with Gasteiger partial charge in [0.25, 0.3) is 0 Å². The Bertz CT molecular complexity index is 1180. The molecule has 1 heterocycles. The summed E-state index contributed by atoms with van der Waals surface area (Å²) in [6.45, 7) is 1.98. The van der Waals surface area contributed by atoms with Crippen LogP contribution in [0.5, 0.6) is 0 Å². The molecule has 7 nitrogen and oxygen atoms in total. The lowest BCUT2D eigenvalue weighted by Crippen LogP contribution is -2.26. The Labute approximate surface area is 187 Å². The van der Waals surface area contributed by atoms with Crippen LogP contribution >= 0.6 is 0 Å². The third-order valence-corrected chi connectivity index (χ3v) is 6.60. The number of nitrogens with one attached hydrogen (secondary N) is 1. The zero-order chi connectivity index (χ0) is 23.1. The van der Waals surface area contributed by atoms with Crippen molar-refractivity contribution in [2.24, 2.45) is 0 Å². The van der Waals surface area contributed by atoms with Crippen LogP contribution in [0, 0.1) is 6.92 Å². The molecular weight excluding hydrogens is 428 g/mol. The summed E-state index contributed by atoms with van der Waals surface area (Å²) in [4.78, 5) is 15.4. The molecule has 2 aromatic carbocycles. The number of carboxylic acid groups (broad SMARTS) is 1. The minimum atomic E-state index is -3.62. The van der Waals surface area contributed by atoms with Crippen molar-refractivity contribution in [2.75, 3.05) is 6.54 Å². The fourth-order valence-electron chi connectivity index (χ4n) is 3.47. The van der Waals surface area contributed by atoms with Gasteiger partial charge < -0.3 is 10.2 Å². The molecule has 8 heteroatoms. The SMILES string of the molecule is Cc1ncccc1C(O)c1cc(CCNS(=O)(=O)c2ccccc2)cc(CCC(=O)O)c1. The molecule has 3 N–H and O–H groups in total. The highest BCUT2D eigenvalue weighted by Crippen LogP contribution is 2.26. The summed E-state index contributed by atoms with van der Waals surface area (Å²) in [6, 6.07) is 17.1. The topological polar surface area (TPSA) is 117 Å². The molecule has 1 unspecified atom stereocenters. The van der Waals surface area contributed by atoms with E-state index >= 15 is 0 Å². The number of aliphatic hydroxyl groups excluding tert-OH is 1. The van der Waals surface area contributed by atoms with E-state index in [1.807, 2.05) is 19.1 Å². The summed E-state index contributed by atoms with van der Waals surface area (Å²) in [5.74, 6) is -0.906. The van der Waals surface area contributed by atoms with Crippen molar-refractivity contribution in [2.45, 2.75) is 37.2 Å². The summed E-state index contributed by atoms with van der Waals surface area (Å²) >= 11 is 0. The van der Waals surface area contributed by atoms with Crippen molar-refractivity contribution in [1.82, 2.24) is 9.71 Å². The molecule has 0 radical (unpaired) electrons. The molecule has 0 bridgehead atoms. The molecule has 0 aliphatic rings. The zero-order valence-corrected chi connectivity index (χ0v) is 18.5. The minimum Gasteiger partial charge on any atom is -0.481 e. The van der Waals surface area contributed by atoms with E-state index in [0.717, 1.165) is 11.1 Å². The van der Waals surface area contributed by atoms with Crippen molar-refractivity contribution < 1.29 is 23.4 Å². The Morgan fingerprint density at radius 1 is 1.03 bits per heavy atom. The van der Waals surface area contributed by atoms with Gasteiger partial charge in [-0.15, -0.1) is 0 Å². The van der Waals surface area contributed by atoms with E-state index in [0.29, 0.717) is 29.7 Å². The number of carboxylic acids is 1. The molecule has 0 amide bonds. The number of pyridine rings is 1. The first-order valence-corrected chi connectivity index (χ1v) is 11.7. The van der Waals surface area contributed by atoms with E-state index in [-0.39, 0.29) is 17.9 Å². The molecule has 0 saturated heterocycles. The van der Waals surface area contributed by atoms with Gasteiger partial charge in [-0.25, -0.2) is 13.1 Å². The first-order chi connectivity index (χ1) is 15.3. The van der Waals surface area contributed by atoms with Crippen LogP contribution in [0.4, 0.5) is 0 Å². The van der Waals surface area contributed by atoms with E-state index in [1.165, 1.54) is 12.1 Å². The normalized spacial score (nSPS) is 12.4. The number of aliphatic hydroxyl groups is 1. The molecule has 0 aliphatic heterocycles. The lowest BCUT2D eigenvalue weighted by Gasteiger charge is -2.17. The highest BCUT2D eigenvalue weighted by atomic mass is 32.2. The average molecular weight is 455 g/mol. The molecular formula is C24H26N2O5S. The van der Waals surface area contributed by atoms with Gasteiger partial charge in [0, 0.05) is 30.4 Å². The van der Waals surface area contributed by atoms with Crippen LogP contribution in [0.1, 0.15) is 40.5 Å². The standard InChI is InChI=1S/C24H26N2O5S/c1-17-22(8-5-12-25-17)24(29)20-15-18(9-10-23(27)28)14-19(16-20)11-13-26-32(30,31)21-6-3-2-4-7-21/h2-8,12,14-16,24,26,29H,9-11,13H2,1H3,(H,27,28). The van der Waals surface area contributed by atoms with Gasteiger partial charge in [0.15, 0.2) is 0 Å². The van der Waals surface area contributed by atoms with Crippen LogP contribution in [0.15, 0.2) is 71.8 Å². The first-order valence-electron chi connectivity index (χ1n) is 10.2. The zero-order valence-electron chi connectivity index (χ0n) is 17.7. The van der Waals surface area contributed by atoms with E-state index in [4.69, 9.17) is 5.11 Å². The first kappa shape index (κ1) is 23.6. The van der Waals surface area contributed by atoms with Gasteiger partial charge in [-0.05, 0) is 54.7 Å². The van der Waals surface area contributed by atoms with Crippen LogP contribution in [0.3, 0.4) is 0 Å². The maximum atomic E-state index is 12.4. The largest absolute Gasteiger partial charge is 0.481 e. The fraction of sp³-hybridized carbons (Fsp3) is 0.250. The van der Waals surface area contributed by atoms with Gasteiger partial charge >= 0.3 is 5.97 Å². The Kier molecular flexibility index (Phi) is 7.74. The third-order valence-electron chi connectivity index (χ3n) is 5.12. The predicted octanol–water partition coefficient (Wildman–Crippen LogP) is 3.01. The number of aromatic nitrogens is 1. The van der Waals surface area contributed by atoms with Gasteiger partial charge in [0.2, 0.25) is 10.0 Å². The maximum absolute atomic E-state index is 12.4. The number of nitrogens with zero attached hydrogens (tertiary/aromatic N) is 1. The van der Waals surface area contributed by atoms with Gasteiger partial charge in [-0.1, -0.05) is 42.5 Å². The van der Waals surface area contributed by atoms with Gasteiger partial charge in [0.05, 0.1) is 4.90 Å². The van der Waals surface area contributed by atoms with Crippen molar-refractivity contribution in [3.8, 4) is 0 Å². The fourth-order valence-corrected chi connectivity index (χ4v) is 4.52. The maximum Gasteiger partial charge on any atom is 0.303 e. The summed E-state index contributed by atoms with van der Waals surface area (Å²) in [5, 5.41) is 20.0. The summed E-state index contributed by atoms with van der Waals surface area (Å²) in [7, 11) is -3.62. The number of carbonyl (C=O) groups is 1. The smallest absolute Gasteiger partial charge is 0.303 e. The quantitative estimate of drug-likeness (QED) is 0.434. The van der Waals surface area contributed by atoms with Crippen molar-refractivity contribution in [1.29, 1.82) is 0 Å². The number of hydrogen-bond acceptors (Lipinski definition) is 5. The second-order valence-corrected chi connectivity index (χ2v) is 9.28. The molecule has 1 aromatic heterocycles. The third kappa shape index (κ3) is 6.23. The number of aryl methyl sites for hydroxylation is 2. The van der Waals surface area contributed by atoms with Crippen LogP contribution in [0.2, 0.25) is 0 Å². The average Bonchev–Trinajstić information content (AvgIpc) is 2.78. The number of benzene rings is 2. The van der Waals surface area contributed by atoms with Gasteiger partial charge in [-0.3, -0.25) is 9.78 Å². The predicted molar refractivity (Wildman–Crippen MR) is 121 cm³/mol. The number of sulfonamides is 1. The minimum absolute atomic E-state index is 0.0362. The molecule has 168 valence electrons. The highest BCUT2D eigenvalue weighted by molar-refractivity contribution is 7.89. The second kappa shape index (κ2) is 10.5. The van der Waals surface area contributed by atoms with Crippen molar-refractivity contribution in [3.63, 3.8) is 0 Å². The number of aliphatic carboxylic acids is 1. The summed E-state index contributed by atoms with van der Waals surface area (Å²) < 4.78 is 27.5. The molecule has 32 heavy (non-hydrogen) atoms. The van der Waals surface area contributed by atoms with Gasteiger partial charge in [0.1, 0.15) is 6.10 Å². The molecule has 0 spiro atoms. The molecule has 0 aliphatic carbocycles. The molecule has 3 aromatic rings. The lowest BCUT2D eigenvalue weighted by molar-refractivity contribution is -0.136. The van der Waals surface area contributed by atoms with Crippen molar-refractivity contribution in [3.05, 3.63) is 94.8 Å². The Morgan fingerprint density at radius 2 is 1.72 bits per heavy atom. The van der Waals surface area contributed by atoms with E-state index < -0.39 is 22.1 Å². The van der Waals surface area contributed by atoms with Crippen molar-refractivity contribution >= 4 is 16.0 Å². The van der Waals surface area contributed by atoms with E-state index in [1.54, 1.807) is 42.6 Å². The van der Waals surface area contributed by atoms with Crippen LogP contribution < -0.4 is 4.72 Å². The molecule has 3 rings (SSSR count). The monoisotopic (exact) mass is 454 g/mol. The number of hydrogen-bond donors (Lipinski definition) is 3. The number of rotatable bonds is 10.